The highest BCUT2D eigenvalue weighted by Gasteiger charge is 2.49. The zero-order chi connectivity index (χ0) is 15.7. The molecule has 0 aromatic heterocycles. The summed E-state index contributed by atoms with van der Waals surface area (Å²) in [5, 5.41) is 3.57. The second kappa shape index (κ2) is 6.29. The van der Waals surface area contributed by atoms with Gasteiger partial charge in [0.25, 0.3) is 0 Å². The zero-order valence-corrected chi connectivity index (χ0v) is 13.5. The first-order chi connectivity index (χ1) is 10.6. The largest absolute Gasteiger partial charge is 0.342 e. The van der Waals surface area contributed by atoms with Crippen LogP contribution in [0.3, 0.4) is 0 Å². The molecule has 1 aliphatic heterocycles. The van der Waals surface area contributed by atoms with Crippen LogP contribution in [-0.4, -0.2) is 29.8 Å². The maximum absolute atomic E-state index is 12.4. The second-order valence-electron chi connectivity index (χ2n) is 6.28. The van der Waals surface area contributed by atoms with Crippen molar-refractivity contribution >= 4 is 29.1 Å². The standard InChI is InChI=1S/C17H21ClN2O2/c1-11-9-12(18)5-6-15(11)19-16(21)13-10-14(13)17(22)20-7-3-2-4-8-20/h5-6,9,13-14H,2-4,7-8,10H2,1H3,(H,19,21). The van der Waals surface area contributed by atoms with Gasteiger partial charge in [0.1, 0.15) is 0 Å². The van der Waals surface area contributed by atoms with Gasteiger partial charge in [0.05, 0.1) is 11.8 Å². The molecule has 2 unspecified atom stereocenters. The van der Waals surface area contributed by atoms with Gasteiger partial charge in [-0.3, -0.25) is 9.59 Å². The predicted octanol–water partition coefficient (Wildman–Crippen LogP) is 3.24. The Morgan fingerprint density at radius 1 is 1.18 bits per heavy atom. The number of amides is 2. The van der Waals surface area contributed by atoms with Gasteiger partial charge in [-0.15, -0.1) is 0 Å². The summed E-state index contributed by atoms with van der Waals surface area (Å²) in [6.45, 7) is 3.60. The zero-order valence-electron chi connectivity index (χ0n) is 12.8. The number of hydrogen-bond donors (Lipinski definition) is 1. The van der Waals surface area contributed by atoms with Crippen LogP contribution in [0.1, 0.15) is 31.2 Å². The number of aryl methyl sites for hydroxylation is 1. The maximum Gasteiger partial charge on any atom is 0.228 e. The van der Waals surface area contributed by atoms with Crippen LogP contribution in [0.4, 0.5) is 5.69 Å². The summed E-state index contributed by atoms with van der Waals surface area (Å²) >= 11 is 5.92. The number of benzene rings is 1. The number of halogens is 1. The third-order valence-corrected chi connectivity index (χ3v) is 4.79. The van der Waals surface area contributed by atoms with Crippen LogP contribution in [0.25, 0.3) is 0 Å². The lowest BCUT2D eigenvalue weighted by atomic mass is 10.1. The van der Waals surface area contributed by atoms with E-state index in [9.17, 15) is 9.59 Å². The number of nitrogens with zero attached hydrogens (tertiary/aromatic N) is 1. The summed E-state index contributed by atoms with van der Waals surface area (Å²) < 4.78 is 0. The van der Waals surface area contributed by atoms with Crippen molar-refractivity contribution < 1.29 is 9.59 Å². The van der Waals surface area contributed by atoms with Gasteiger partial charge >= 0.3 is 0 Å². The van der Waals surface area contributed by atoms with Crippen molar-refractivity contribution in [3.8, 4) is 0 Å². The molecule has 1 heterocycles. The first-order valence-electron chi connectivity index (χ1n) is 7.92. The molecule has 1 saturated carbocycles. The highest BCUT2D eigenvalue weighted by atomic mass is 35.5. The molecule has 4 nitrogen and oxygen atoms in total. The number of carbonyl (C=O) groups excluding carboxylic acids is 2. The Kier molecular flexibility index (Phi) is 4.39. The van der Waals surface area contributed by atoms with Crippen molar-refractivity contribution in [1.29, 1.82) is 0 Å². The van der Waals surface area contributed by atoms with E-state index in [4.69, 9.17) is 11.6 Å². The van der Waals surface area contributed by atoms with Crippen LogP contribution in [0.5, 0.6) is 0 Å². The Morgan fingerprint density at radius 2 is 1.91 bits per heavy atom. The Hall–Kier alpha value is -1.55. The van der Waals surface area contributed by atoms with Crippen LogP contribution in [0, 0.1) is 18.8 Å². The molecule has 2 atom stereocenters. The number of anilines is 1. The fraction of sp³-hybridized carbons (Fsp3) is 0.529. The molecule has 0 spiro atoms. The van der Waals surface area contributed by atoms with E-state index in [1.54, 1.807) is 12.1 Å². The molecule has 118 valence electrons. The van der Waals surface area contributed by atoms with E-state index in [0.717, 1.165) is 37.2 Å². The summed E-state index contributed by atoms with van der Waals surface area (Å²) in [6.07, 6.45) is 4.04. The van der Waals surface area contributed by atoms with E-state index in [-0.39, 0.29) is 23.7 Å². The van der Waals surface area contributed by atoms with Gasteiger partial charge < -0.3 is 10.2 Å². The molecule has 2 aliphatic rings. The fourth-order valence-corrected chi connectivity index (χ4v) is 3.33. The summed E-state index contributed by atoms with van der Waals surface area (Å²) in [4.78, 5) is 26.6. The number of hydrogen-bond acceptors (Lipinski definition) is 2. The topological polar surface area (TPSA) is 49.4 Å². The summed E-state index contributed by atoms with van der Waals surface area (Å²) in [5.41, 5.74) is 1.70. The molecule has 2 fully saturated rings. The molecular weight excluding hydrogens is 300 g/mol. The minimum Gasteiger partial charge on any atom is -0.342 e. The number of likely N-dealkylation sites (tertiary alicyclic amines) is 1. The van der Waals surface area contributed by atoms with Gasteiger partial charge in [0.15, 0.2) is 0 Å². The Balaban J connectivity index is 1.57. The Bertz CT molecular complexity index is 596. The van der Waals surface area contributed by atoms with Crippen molar-refractivity contribution in [3.05, 3.63) is 28.8 Å². The number of piperidine rings is 1. The average molecular weight is 321 g/mol. The normalized spacial score (nSPS) is 24.0. The molecule has 1 saturated heterocycles. The third kappa shape index (κ3) is 3.27. The second-order valence-corrected chi connectivity index (χ2v) is 6.72. The lowest BCUT2D eigenvalue weighted by Crippen LogP contribution is -2.37. The van der Waals surface area contributed by atoms with E-state index in [1.807, 2.05) is 17.9 Å². The van der Waals surface area contributed by atoms with Crippen molar-refractivity contribution in [2.75, 3.05) is 18.4 Å². The molecule has 5 heteroatoms. The van der Waals surface area contributed by atoms with Crippen LogP contribution < -0.4 is 5.32 Å². The van der Waals surface area contributed by atoms with E-state index in [1.165, 1.54) is 6.42 Å². The smallest absolute Gasteiger partial charge is 0.228 e. The van der Waals surface area contributed by atoms with Crippen molar-refractivity contribution in [1.82, 2.24) is 4.90 Å². The Morgan fingerprint density at radius 3 is 2.59 bits per heavy atom. The van der Waals surface area contributed by atoms with Gasteiger partial charge in [-0.05, 0) is 56.4 Å². The molecule has 1 aromatic rings. The summed E-state index contributed by atoms with van der Waals surface area (Å²) in [5.74, 6) is -0.191. The summed E-state index contributed by atoms with van der Waals surface area (Å²) in [7, 11) is 0. The molecule has 1 aromatic carbocycles. The maximum atomic E-state index is 12.4. The van der Waals surface area contributed by atoms with Crippen molar-refractivity contribution in [2.45, 2.75) is 32.6 Å². The van der Waals surface area contributed by atoms with E-state index in [0.29, 0.717) is 11.4 Å². The van der Waals surface area contributed by atoms with Crippen LogP contribution in [0.15, 0.2) is 18.2 Å². The van der Waals surface area contributed by atoms with E-state index < -0.39 is 0 Å². The third-order valence-electron chi connectivity index (χ3n) is 4.56. The van der Waals surface area contributed by atoms with Gasteiger partial charge in [0, 0.05) is 23.8 Å². The molecule has 3 rings (SSSR count). The molecule has 0 radical (unpaired) electrons. The van der Waals surface area contributed by atoms with Gasteiger partial charge in [-0.25, -0.2) is 0 Å². The minimum atomic E-state index is -0.176. The molecule has 0 bridgehead atoms. The first kappa shape index (κ1) is 15.3. The van der Waals surface area contributed by atoms with Gasteiger partial charge in [-0.1, -0.05) is 11.6 Å². The van der Waals surface area contributed by atoms with Crippen LogP contribution >= 0.6 is 11.6 Å². The quantitative estimate of drug-likeness (QED) is 0.929. The van der Waals surface area contributed by atoms with Gasteiger partial charge in [-0.2, -0.15) is 0 Å². The average Bonchev–Trinajstić information content (AvgIpc) is 3.31. The number of rotatable bonds is 3. The predicted molar refractivity (Wildman–Crippen MR) is 86.8 cm³/mol. The monoisotopic (exact) mass is 320 g/mol. The molecule has 22 heavy (non-hydrogen) atoms. The Labute approximate surface area is 135 Å². The lowest BCUT2D eigenvalue weighted by molar-refractivity contribution is -0.134. The molecular formula is C17H21ClN2O2. The highest BCUT2D eigenvalue weighted by molar-refractivity contribution is 6.30. The SMILES string of the molecule is Cc1cc(Cl)ccc1NC(=O)C1CC1C(=O)N1CCCCC1. The minimum absolute atomic E-state index is 0.0548. The van der Waals surface area contributed by atoms with Crippen molar-refractivity contribution in [3.63, 3.8) is 0 Å². The summed E-state index contributed by atoms with van der Waals surface area (Å²) in [6, 6.07) is 5.38. The first-order valence-corrected chi connectivity index (χ1v) is 8.30. The molecule has 1 N–H and O–H groups in total. The van der Waals surface area contributed by atoms with Crippen LogP contribution in [0.2, 0.25) is 5.02 Å². The molecule has 2 amide bonds. The van der Waals surface area contributed by atoms with Crippen LogP contribution in [-0.2, 0) is 9.59 Å². The number of carbonyl (C=O) groups is 2. The highest BCUT2D eigenvalue weighted by Crippen LogP contribution is 2.41. The van der Waals surface area contributed by atoms with Crippen molar-refractivity contribution in [2.24, 2.45) is 11.8 Å². The molecule has 1 aliphatic carbocycles. The lowest BCUT2D eigenvalue weighted by Gasteiger charge is -2.26. The fourth-order valence-electron chi connectivity index (χ4n) is 3.10. The van der Waals surface area contributed by atoms with Gasteiger partial charge in [0.2, 0.25) is 11.8 Å². The number of nitrogens with one attached hydrogen (secondary N) is 1. The van der Waals surface area contributed by atoms with E-state index in [2.05, 4.69) is 5.32 Å². The van der Waals surface area contributed by atoms with E-state index >= 15 is 0 Å².